The molecule has 2 aromatic carbocycles. The maximum absolute atomic E-state index is 13.9. The summed E-state index contributed by atoms with van der Waals surface area (Å²) in [7, 11) is 0. The van der Waals surface area contributed by atoms with Crippen LogP contribution in [0.3, 0.4) is 0 Å². The van der Waals surface area contributed by atoms with Crippen LogP contribution in [0.4, 0.5) is 15.8 Å². The average molecular weight is 286 g/mol. The highest BCUT2D eigenvalue weighted by Crippen LogP contribution is 2.36. The number of nitrogens with two attached hydrogens (primary N) is 1. The number of halogens is 1. The number of rotatable bonds is 3. The molecule has 0 spiro atoms. The first-order chi connectivity index (χ1) is 10.0. The third-order valence-corrected chi connectivity index (χ3v) is 3.63. The standard InChI is InChI=1S/C17H19FN2O/c1-11(2)21-17-8-16(15(19)7-14(17)18)20-9-12-5-3-4-6-13(12)10-20/h3-8,11H,9-10,19H2,1-2H3. The Hall–Kier alpha value is -2.23. The van der Waals surface area contributed by atoms with E-state index in [1.807, 2.05) is 26.0 Å². The van der Waals surface area contributed by atoms with Crippen LogP contribution in [0.5, 0.6) is 5.75 Å². The van der Waals surface area contributed by atoms with Gasteiger partial charge in [0.25, 0.3) is 0 Å². The number of nitrogen functional groups attached to an aromatic ring is 1. The van der Waals surface area contributed by atoms with Gasteiger partial charge in [-0.05, 0) is 25.0 Å². The van der Waals surface area contributed by atoms with Crippen LogP contribution in [0.2, 0.25) is 0 Å². The van der Waals surface area contributed by atoms with E-state index in [9.17, 15) is 4.39 Å². The highest BCUT2D eigenvalue weighted by molar-refractivity contribution is 5.71. The number of benzene rings is 2. The molecule has 1 aliphatic rings. The Kier molecular flexibility index (Phi) is 3.45. The normalized spacial score (nSPS) is 13.6. The topological polar surface area (TPSA) is 38.5 Å². The molecule has 0 saturated heterocycles. The van der Waals surface area contributed by atoms with E-state index in [-0.39, 0.29) is 11.9 Å². The van der Waals surface area contributed by atoms with Crippen LogP contribution in [0.15, 0.2) is 36.4 Å². The Balaban J connectivity index is 1.93. The summed E-state index contributed by atoms with van der Waals surface area (Å²) in [5.74, 6) is -0.160. The lowest BCUT2D eigenvalue weighted by atomic mass is 10.1. The predicted molar refractivity (Wildman–Crippen MR) is 82.9 cm³/mol. The molecule has 2 aromatic rings. The van der Waals surface area contributed by atoms with Crippen LogP contribution in [0.25, 0.3) is 0 Å². The van der Waals surface area contributed by atoms with Gasteiger partial charge in [0.05, 0.1) is 17.5 Å². The van der Waals surface area contributed by atoms with Crippen molar-refractivity contribution in [3.8, 4) is 5.75 Å². The summed E-state index contributed by atoms with van der Waals surface area (Å²) in [4.78, 5) is 2.15. The van der Waals surface area contributed by atoms with E-state index >= 15 is 0 Å². The fourth-order valence-corrected chi connectivity index (χ4v) is 2.68. The van der Waals surface area contributed by atoms with Crippen molar-refractivity contribution in [1.29, 1.82) is 0 Å². The van der Waals surface area contributed by atoms with Crippen LogP contribution >= 0.6 is 0 Å². The fourth-order valence-electron chi connectivity index (χ4n) is 2.68. The zero-order valence-corrected chi connectivity index (χ0v) is 12.3. The number of hydrogen-bond acceptors (Lipinski definition) is 3. The Labute approximate surface area is 124 Å². The molecule has 3 nitrogen and oxygen atoms in total. The van der Waals surface area contributed by atoms with E-state index in [2.05, 4.69) is 17.0 Å². The fraction of sp³-hybridized carbons (Fsp3) is 0.294. The summed E-state index contributed by atoms with van der Waals surface area (Å²) in [6.07, 6.45) is -0.0771. The highest BCUT2D eigenvalue weighted by atomic mass is 19.1. The van der Waals surface area contributed by atoms with E-state index in [4.69, 9.17) is 10.5 Å². The molecular formula is C17H19FN2O. The van der Waals surface area contributed by atoms with Gasteiger partial charge in [0, 0.05) is 25.2 Å². The van der Waals surface area contributed by atoms with Gasteiger partial charge in [-0.1, -0.05) is 24.3 Å². The van der Waals surface area contributed by atoms with Crippen molar-refractivity contribution in [1.82, 2.24) is 0 Å². The van der Waals surface area contributed by atoms with Crippen LogP contribution < -0.4 is 15.4 Å². The van der Waals surface area contributed by atoms with Crippen molar-refractivity contribution in [2.24, 2.45) is 0 Å². The molecule has 0 atom stereocenters. The molecule has 0 aromatic heterocycles. The van der Waals surface area contributed by atoms with E-state index < -0.39 is 5.82 Å². The van der Waals surface area contributed by atoms with Gasteiger partial charge in [-0.15, -0.1) is 0 Å². The summed E-state index contributed by atoms with van der Waals surface area (Å²) in [6, 6.07) is 11.3. The van der Waals surface area contributed by atoms with Crippen molar-refractivity contribution in [3.63, 3.8) is 0 Å². The zero-order valence-electron chi connectivity index (χ0n) is 12.3. The van der Waals surface area contributed by atoms with Gasteiger partial charge in [0.1, 0.15) is 0 Å². The van der Waals surface area contributed by atoms with Crippen LogP contribution in [0.1, 0.15) is 25.0 Å². The lowest BCUT2D eigenvalue weighted by Gasteiger charge is -2.22. The number of hydrogen-bond donors (Lipinski definition) is 1. The Morgan fingerprint density at radius 1 is 1.14 bits per heavy atom. The second-order valence-electron chi connectivity index (χ2n) is 5.63. The molecule has 1 aliphatic heterocycles. The van der Waals surface area contributed by atoms with Gasteiger partial charge in [0.2, 0.25) is 0 Å². The van der Waals surface area contributed by atoms with Crippen molar-refractivity contribution in [2.45, 2.75) is 33.0 Å². The van der Waals surface area contributed by atoms with Gasteiger partial charge < -0.3 is 15.4 Å². The predicted octanol–water partition coefficient (Wildman–Crippen LogP) is 3.72. The molecule has 110 valence electrons. The van der Waals surface area contributed by atoms with Crippen LogP contribution in [0, 0.1) is 5.82 Å². The second kappa shape index (κ2) is 5.28. The number of fused-ring (bicyclic) bond motifs is 1. The summed E-state index contributed by atoms with van der Waals surface area (Å²) < 4.78 is 19.4. The van der Waals surface area contributed by atoms with Gasteiger partial charge in [-0.25, -0.2) is 4.39 Å². The molecule has 4 heteroatoms. The molecule has 1 heterocycles. The second-order valence-corrected chi connectivity index (χ2v) is 5.63. The Morgan fingerprint density at radius 2 is 1.76 bits per heavy atom. The monoisotopic (exact) mass is 286 g/mol. The summed E-state index contributed by atoms with van der Waals surface area (Å²) in [5.41, 5.74) is 9.83. The molecule has 0 saturated carbocycles. The minimum atomic E-state index is -0.415. The smallest absolute Gasteiger partial charge is 0.167 e. The SMILES string of the molecule is CC(C)Oc1cc(N2Cc3ccccc3C2)c(N)cc1F. The Bertz CT molecular complexity index is 645. The Morgan fingerprint density at radius 3 is 2.33 bits per heavy atom. The van der Waals surface area contributed by atoms with E-state index in [1.54, 1.807) is 6.07 Å². The maximum Gasteiger partial charge on any atom is 0.167 e. The largest absolute Gasteiger partial charge is 0.488 e. The van der Waals surface area contributed by atoms with E-state index in [0.717, 1.165) is 18.8 Å². The van der Waals surface area contributed by atoms with Crippen LogP contribution in [-0.2, 0) is 13.1 Å². The minimum Gasteiger partial charge on any atom is -0.488 e. The van der Waals surface area contributed by atoms with Gasteiger partial charge in [0.15, 0.2) is 11.6 Å². The minimum absolute atomic E-state index is 0.0771. The maximum atomic E-state index is 13.9. The van der Waals surface area contributed by atoms with Crippen molar-refractivity contribution in [2.75, 3.05) is 10.6 Å². The van der Waals surface area contributed by atoms with E-state index in [1.165, 1.54) is 17.2 Å². The zero-order chi connectivity index (χ0) is 15.0. The average Bonchev–Trinajstić information content (AvgIpc) is 2.84. The lowest BCUT2D eigenvalue weighted by Crippen LogP contribution is -2.17. The van der Waals surface area contributed by atoms with Gasteiger partial charge in [-0.2, -0.15) is 0 Å². The molecule has 0 unspecified atom stereocenters. The number of anilines is 2. The molecule has 3 rings (SSSR count). The summed E-state index contributed by atoms with van der Waals surface area (Å²) >= 11 is 0. The number of ether oxygens (including phenoxy) is 1. The molecule has 0 bridgehead atoms. The summed E-state index contributed by atoms with van der Waals surface area (Å²) in [6.45, 7) is 5.32. The van der Waals surface area contributed by atoms with Crippen molar-refractivity contribution in [3.05, 3.63) is 53.3 Å². The van der Waals surface area contributed by atoms with Gasteiger partial charge >= 0.3 is 0 Å². The third-order valence-electron chi connectivity index (χ3n) is 3.63. The quantitative estimate of drug-likeness (QED) is 0.874. The number of nitrogens with zero attached hydrogens (tertiary/aromatic N) is 1. The first kappa shape index (κ1) is 13.7. The molecule has 2 N–H and O–H groups in total. The first-order valence-electron chi connectivity index (χ1n) is 7.12. The molecule has 0 fully saturated rings. The van der Waals surface area contributed by atoms with Gasteiger partial charge in [-0.3, -0.25) is 0 Å². The molecule has 0 amide bonds. The molecule has 0 aliphatic carbocycles. The molecule has 0 radical (unpaired) electrons. The van der Waals surface area contributed by atoms with Crippen molar-refractivity contribution >= 4 is 11.4 Å². The lowest BCUT2D eigenvalue weighted by molar-refractivity contribution is 0.231. The van der Waals surface area contributed by atoms with E-state index in [0.29, 0.717) is 5.69 Å². The highest BCUT2D eigenvalue weighted by Gasteiger charge is 2.22. The van der Waals surface area contributed by atoms with Crippen molar-refractivity contribution < 1.29 is 9.13 Å². The third kappa shape index (κ3) is 2.66. The summed E-state index contributed by atoms with van der Waals surface area (Å²) in [5, 5.41) is 0. The van der Waals surface area contributed by atoms with Crippen LogP contribution in [-0.4, -0.2) is 6.10 Å². The molecular weight excluding hydrogens is 267 g/mol. The first-order valence-corrected chi connectivity index (χ1v) is 7.12. The molecule has 21 heavy (non-hydrogen) atoms.